The standard InChI is InChI=1S/C21H19F2N3O4/c1-28-16-9-18(30-3)17(29-2)7-14(16)15-8-19(27)25-21-20(15)24-10-26(21)13-5-11(22)4-12(23)6-13/h4-7,9-10,15H,8H2,1-3H3,(H,25,27)/t15-/m0/s1. The fourth-order valence-corrected chi connectivity index (χ4v) is 3.66. The lowest BCUT2D eigenvalue weighted by atomic mass is 9.88. The van der Waals surface area contributed by atoms with Gasteiger partial charge in [0.05, 0.1) is 32.7 Å². The molecule has 0 fully saturated rings. The summed E-state index contributed by atoms with van der Waals surface area (Å²) < 4.78 is 45.1. The molecular formula is C21H19F2N3O4. The number of hydrogen-bond donors (Lipinski definition) is 1. The first-order valence-corrected chi connectivity index (χ1v) is 9.08. The Hall–Kier alpha value is -3.62. The zero-order valence-corrected chi connectivity index (χ0v) is 16.5. The number of methoxy groups -OCH3 is 3. The molecular weight excluding hydrogens is 396 g/mol. The zero-order valence-electron chi connectivity index (χ0n) is 16.5. The number of anilines is 1. The van der Waals surface area contributed by atoms with E-state index in [9.17, 15) is 13.6 Å². The van der Waals surface area contributed by atoms with E-state index in [0.717, 1.165) is 18.2 Å². The summed E-state index contributed by atoms with van der Waals surface area (Å²) in [6.07, 6.45) is 1.54. The van der Waals surface area contributed by atoms with E-state index in [2.05, 4.69) is 10.3 Å². The predicted octanol–water partition coefficient (Wildman–Crippen LogP) is 3.65. The average molecular weight is 415 g/mol. The zero-order chi connectivity index (χ0) is 21.4. The fourth-order valence-electron chi connectivity index (χ4n) is 3.66. The van der Waals surface area contributed by atoms with Gasteiger partial charge in [0, 0.05) is 30.0 Å². The third-order valence-corrected chi connectivity index (χ3v) is 5.01. The second-order valence-electron chi connectivity index (χ2n) is 6.73. The molecule has 0 saturated carbocycles. The van der Waals surface area contributed by atoms with Crippen LogP contribution in [0.1, 0.15) is 23.6 Å². The van der Waals surface area contributed by atoms with E-state index in [1.807, 2.05) is 0 Å². The van der Waals surface area contributed by atoms with E-state index in [4.69, 9.17) is 14.2 Å². The number of carbonyl (C=O) groups is 1. The van der Waals surface area contributed by atoms with Crippen LogP contribution < -0.4 is 19.5 Å². The molecule has 1 aliphatic rings. The molecule has 0 aliphatic carbocycles. The number of aromatic nitrogens is 2. The molecule has 3 aromatic rings. The highest BCUT2D eigenvalue weighted by molar-refractivity contribution is 5.94. The Labute approximate surface area is 171 Å². The molecule has 30 heavy (non-hydrogen) atoms. The van der Waals surface area contributed by atoms with E-state index >= 15 is 0 Å². The van der Waals surface area contributed by atoms with Gasteiger partial charge in [-0.2, -0.15) is 0 Å². The van der Waals surface area contributed by atoms with Gasteiger partial charge in [0.1, 0.15) is 29.5 Å². The lowest BCUT2D eigenvalue weighted by Crippen LogP contribution is -2.25. The van der Waals surface area contributed by atoms with Gasteiger partial charge in [-0.05, 0) is 18.2 Å². The van der Waals surface area contributed by atoms with Crippen molar-refractivity contribution in [2.45, 2.75) is 12.3 Å². The largest absolute Gasteiger partial charge is 0.496 e. The number of halogens is 2. The highest BCUT2D eigenvalue weighted by Gasteiger charge is 2.33. The molecule has 156 valence electrons. The quantitative estimate of drug-likeness (QED) is 0.689. The number of nitrogens with zero attached hydrogens (tertiary/aromatic N) is 2. The van der Waals surface area contributed by atoms with Gasteiger partial charge >= 0.3 is 0 Å². The van der Waals surface area contributed by atoms with Crippen LogP contribution in [-0.4, -0.2) is 36.8 Å². The van der Waals surface area contributed by atoms with Gasteiger partial charge in [-0.3, -0.25) is 9.36 Å². The highest BCUT2D eigenvalue weighted by atomic mass is 19.1. The van der Waals surface area contributed by atoms with Crippen molar-refractivity contribution in [2.75, 3.05) is 26.6 Å². The van der Waals surface area contributed by atoms with E-state index in [-0.39, 0.29) is 18.0 Å². The Morgan fingerprint density at radius 2 is 1.60 bits per heavy atom. The van der Waals surface area contributed by atoms with Crippen molar-refractivity contribution in [3.63, 3.8) is 0 Å². The molecule has 0 bridgehead atoms. The first kappa shape index (κ1) is 19.7. The Kier molecular flexibility index (Phi) is 5.03. The summed E-state index contributed by atoms with van der Waals surface area (Å²) in [6.45, 7) is 0. The summed E-state index contributed by atoms with van der Waals surface area (Å²) in [5.41, 5.74) is 1.44. The molecule has 1 aromatic heterocycles. The molecule has 4 rings (SSSR count). The van der Waals surface area contributed by atoms with Gasteiger partial charge in [0.15, 0.2) is 11.5 Å². The number of ether oxygens (including phenoxy) is 3. The normalized spacial score (nSPS) is 15.4. The molecule has 9 heteroatoms. The second kappa shape index (κ2) is 7.66. The monoisotopic (exact) mass is 415 g/mol. The van der Waals surface area contributed by atoms with Gasteiger partial charge in [-0.1, -0.05) is 0 Å². The molecule has 1 amide bonds. The van der Waals surface area contributed by atoms with E-state index in [0.29, 0.717) is 34.3 Å². The summed E-state index contributed by atoms with van der Waals surface area (Å²) in [6, 6.07) is 6.53. The van der Waals surface area contributed by atoms with Crippen LogP contribution in [0.2, 0.25) is 0 Å². The number of rotatable bonds is 5. The van der Waals surface area contributed by atoms with Crippen molar-refractivity contribution in [2.24, 2.45) is 0 Å². The smallest absolute Gasteiger partial charge is 0.226 e. The molecule has 2 heterocycles. The van der Waals surface area contributed by atoms with Crippen molar-refractivity contribution in [3.8, 4) is 22.9 Å². The Morgan fingerprint density at radius 1 is 0.967 bits per heavy atom. The van der Waals surface area contributed by atoms with Crippen LogP contribution in [0.3, 0.4) is 0 Å². The van der Waals surface area contributed by atoms with Crippen LogP contribution in [0.4, 0.5) is 14.6 Å². The molecule has 1 N–H and O–H groups in total. The van der Waals surface area contributed by atoms with Crippen molar-refractivity contribution < 1.29 is 27.8 Å². The summed E-state index contributed by atoms with van der Waals surface area (Å²) in [5, 5.41) is 2.75. The predicted molar refractivity (Wildman–Crippen MR) is 105 cm³/mol. The van der Waals surface area contributed by atoms with E-state index < -0.39 is 17.6 Å². The summed E-state index contributed by atoms with van der Waals surface area (Å²) in [4.78, 5) is 16.9. The first-order chi connectivity index (χ1) is 14.4. The fraction of sp³-hybridized carbons (Fsp3) is 0.238. The van der Waals surface area contributed by atoms with Crippen molar-refractivity contribution in [1.29, 1.82) is 0 Å². The molecule has 7 nitrogen and oxygen atoms in total. The summed E-state index contributed by atoms with van der Waals surface area (Å²) in [7, 11) is 4.55. The number of fused-ring (bicyclic) bond motifs is 1. The molecule has 0 spiro atoms. The first-order valence-electron chi connectivity index (χ1n) is 9.08. The van der Waals surface area contributed by atoms with Crippen LogP contribution in [0.25, 0.3) is 5.69 Å². The minimum atomic E-state index is -0.729. The third-order valence-electron chi connectivity index (χ3n) is 5.01. The topological polar surface area (TPSA) is 74.6 Å². The van der Waals surface area contributed by atoms with Crippen LogP contribution in [0.15, 0.2) is 36.7 Å². The Bertz CT molecular complexity index is 1110. The number of nitrogens with one attached hydrogen (secondary N) is 1. The number of benzene rings is 2. The molecule has 0 radical (unpaired) electrons. The number of amides is 1. The molecule has 0 unspecified atom stereocenters. The van der Waals surface area contributed by atoms with Crippen LogP contribution in [0, 0.1) is 11.6 Å². The molecule has 2 aromatic carbocycles. The molecule has 1 aliphatic heterocycles. The Balaban J connectivity index is 1.86. The van der Waals surface area contributed by atoms with Crippen molar-refractivity contribution >= 4 is 11.7 Å². The highest BCUT2D eigenvalue weighted by Crippen LogP contribution is 2.44. The maximum absolute atomic E-state index is 13.7. The van der Waals surface area contributed by atoms with Gasteiger partial charge in [-0.25, -0.2) is 13.8 Å². The van der Waals surface area contributed by atoms with Crippen LogP contribution >= 0.6 is 0 Å². The van der Waals surface area contributed by atoms with Crippen LogP contribution in [-0.2, 0) is 4.79 Å². The Morgan fingerprint density at radius 3 is 2.23 bits per heavy atom. The van der Waals surface area contributed by atoms with E-state index in [1.165, 1.54) is 32.2 Å². The van der Waals surface area contributed by atoms with Crippen molar-refractivity contribution in [1.82, 2.24) is 9.55 Å². The van der Waals surface area contributed by atoms with E-state index in [1.54, 1.807) is 12.1 Å². The SMILES string of the molecule is COc1cc(OC)c([C@@H]2CC(=O)Nc3c2ncn3-c2cc(F)cc(F)c2)cc1OC. The molecule has 0 saturated heterocycles. The maximum atomic E-state index is 13.7. The average Bonchev–Trinajstić information content (AvgIpc) is 3.15. The number of imidazole rings is 1. The maximum Gasteiger partial charge on any atom is 0.226 e. The minimum absolute atomic E-state index is 0.118. The van der Waals surface area contributed by atoms with Gasteiger partial charge in [0.2, 0.25) is 5.91 Å². The molecule has 1 atom stereocenters. The summed E-state index contributed by atoms with van der Waals surface area (Å²) in [5.74, 6) is -0.360. The van der Waals surface area contributed by atoms with Gasteiger partial charge < -0.3 is 19.5 Å². The second-order valence-corrected chi connectivity index (χ2v) is 6.73. The van der Waals surface area contributed by atoms with Crippen molar-refractivity contribution in [3.05, 3.63) is 59.6 Å². The lowest BCUT2D eigenvalue weighted by molar-refractivity contribution is -0.116. The van der Waals surface area contributed by atoms with Gasteiger partial charge in [-0.15, -0.1) is 0 Å². The van der Waals surface area contributed by atoms with Gasteiger partial charge in [0.25, 0.3) is 0 Å². The lowest BCUT2D eigenvalue weighted by Gasteiger charge is -2.25. The number of carbonyl (C=O) groups excluding carboxylic acids is 1. The van der Waals surface area contributed by atoms with Crippen LogP contribution in [0.5, 0.6) is 17.2 Å². The number of hydrogen-bond acceptors (Lipinski definition) is 5. The third kappa shape index (κ3) is 3.32. The minimum Gasteiger partial charge on any atom is -0.496 e. The summed E-state index contributed by atoms with van der Waals surface area (Å²) >= 11 is 0.